The molecular weight excluding hydrogens is 294 g/mol. The molecule has 0 aliphatic carbocycles. The number of halogens is 2. The van der Waals surface area contributed by atoms with Gasteiger partial charge in [0.15, 0.2) is 0 Å². The molecule has 0 spiro atoms. The number of carbonyl (C=O) groups is 2. The first-order valence-electron chi connectivity index (χ1n) is 7.22. The van der Waals surface area contributed by atoms with Gasteiger partial charge in [-0.05, 0) is 37.8 Å². The standard InChI is InChI=1S/C15H16F2N2O3/c16-8-1-4-12(17)13(5-8)18-14(21)15(22)19-9-2-3-10(19)7-11(20)6-9/h1,4-5,9-11,20H,2-3,6-7H2,(H,18,21). The number of rotatable bonds is 1. The first-order valence-corrected chi connectivity index (χ1v) is 7.22. The Bertz CT molecular complexity index is 609. The molecule has 7 heteroatoms. The highest BCUT2D eigenvalue weighted by molar-refractivity contribution is 6.39. The Morgan fingerprint density at radius 2 is 1.82 bits per heavy atom. The molecule has 2 aliphatic rings. The molecule has 1 aromatic rings. The molecule has 2 atom stereocenters. The van der Waals surface area contributed by atoms with Crippen LogP contribution in [0.4, 0.5) is 14.5 Å². The smallest absolute Gasteiger partial charge is 0.314 e. The summed E-state index contributed by atoms with van der Waals surface area (Å²) in [6.07, 6.45) is 1.93. The van der Waals surface area contributed by atoms with E-state index in [1.165, 1.54) is 4.90 Å². The second-order valence-corrected chi connectivity index (χ2v) is 5.80. The summed E-state index contributed by atoms with van der Waals surface area (Å²) in [6, 6.07) is 2.32. The van der Waals surface area contributed by atoms with Gasteiger partial charge in [-0.15, -0.1) is 0 Å². The molecule has 2 fully saturated rings. The van der Waals surface area contributed by atoms with Crippen LogP contribution in [-0.4, -0.2) is 40.0 Å². The van der Waals surface area contributed by atoms with Gasteiger partial charge in [-0.1, -0.05) is 0 Å². The monoisotopic (exact) mass is 310 g/mol. The molecular formula is C15H16F2N2O3. The second-order valence-electron chi connectivity index (χ2n) is 5.80. The first-order chi connectivity index (χ1) is 10.5. The third kappa shape index (κ3) is 2.68. The van der Waals surface area contributed by atoms with E-state index in [1.54, 1.807) is 0 Å². The molecule has 0 radical (unpaired) electrons. The van der Waals surface area contributed by atoms with Crippen molar-refractivity contribution in [2.45, 2.75) is 43.9 Å². The molecule has 3 rings (SSSR count). The van der Waals surface area contributed by atoms with Crippen LogP contribution in [-0.2, 0) is 9.59 Å². The van der Waals surface area contributed by atoms with Crippen LogP contribution in [0, 0.1) is 11.6 Å². The largest absolute Gasteiger partial charge is 0.393 e. The van der Waals surface area contributed by atoms with Crippen LogP contribution in [0.3, 0.4) is 0 Å². The van der Waals surface area contributed by atoms with Gasteiger partial charge in [0.2, 0.25) is 0 Å². The number of anilines is 1. The minimum absolute atomic E-state index is 0.163. The lowest BCUT2D eigenvalue weighted by atomic mass is 10.00. The minimum Gasteiger partial charge on any atom is -0.393 e. The number of hydrogen-bond acceptors (Lipinski definition) is 3. The second kappa shape index (κ2) is 5.64. The van der Waals surface area contributed by atoms with Crippen molar-refractivity contribution in [3.05, 3.63) is 29.8 Å². The zero-order chi connectivity index (χ0) is 15.9. The number of piperidine rings is 1. The van der Waals surface area contributed by atoms with Gasteiger partial charge in [-0.3, -0.25) is 9.59 Å². The van der Waals surface area contributed by atoms with Gasteiger partial charge in [-0.2, -0.15) is 0 Å². The average molecular weight is 310 g/mol. The summed E-state index contributed by atoms with van der Waals surface area (Å²) in [6.45, 7) is 0. The average Bonchev–Trinajstić information content (AvgIpc) is 2.74. The van der Waals surface area contributed by atoms with E-state index in [9.17, 15) is 23.5 Å². The van der Waals surface area contributed by atoms with Gasteiger partial charge in [0.1, 0.15) is 11.6 Å². The number of amides is 2. The maximum atomic E-state index is 13.5. The van der Waals surface area contributed by atoms with E-state index in [2.05, 4.69) is 5.32 Å². The number of carbonyl (C=O) groups excluding carboxylic acids is 2. The molecule has 2 amide bonds. The predicted octanol–water partition coefficient (Wildman–Crippen LogP) is 1.42. The summed E-state index contributed by atoms with van der Waals surface area (Å²) in [5, 5.41) is 11.8. The van der Waals surface area contributed by atoms with Crippen LogP contribution in [0.5, 0.6) is 0 Å². The Morgan fingerprint density at radius 1 is 1.18 bits per heavy atom. The van der Waals surface area contributed by atoms with Crippen LogP contribution in [0.1, 0.15) is 25.7 Å². The molecule has 5 nitrogen and oxygen atoms in total. The number of hydrogen-bond donors (Lipinski definition) is 2. The van der Waals surface area contributed by atoms with E-state index in [0.717, 1.165) is 31.0 Å². The fraction of sp³-hybridized carbons (Fsp3) is 0.467. The zero-order valence-corrected chi connectivity index (χ0v) is 11.8. The number of aliphatic hydroxyl groups excluding tert-OH is 1. The van der Waals surface area contributed by atoms with Crippen molar-refractivity contribution in [1.82, 2.24) is 4.90 Å². The highest BCUT2D eigenvalue weighted by Gasteiger charge is 2.44. The van der Waals surface area contributed by atoms with Gasteiger partial charge in [-0.25, -0.2) is 8.78 Å². The van der Waals surface area contributed by atoms with Crippen molar-refractivity contribution in [2.24, 2.45) is 0 Å². The van der Waals surface area contributed by atoms with Crippen molar-refractivity contribution >= 4 is 17.5 Å². The van der Waals surface area contributed by atoms with E-state index in [4.69, 9.17) is 0 Å². The van der Waals surface area contributed by atoms with Crippen molar-refractivity contribution < 1.29 is 23.5 Å². The van der Waals surface area contributed by atoms with Gasteiger partial charge in [0.25, 0.3) is 0 Å². The molecule has 118 valence electrons. The predicted molar refractivity (Wildman–Crippen MR) is 73.9 cm³/mol. The lowest BCUT2D eigenvalue weighted by molar-refractivity contribution is -0.147. The summed E-state index contributed by atoms with van der Waals surface area (Å²) in [5.41, 5.74) is -0.359. The van der Waals surface area contributed by atoms with Crippen molar-refractivity contribution in [3.8, 4) is 0 Å². The fourth-order valence-corrected chi connectivity index (χ4v) is 3.37. The summed E-state index contributed by atoms with van der Waals surface area (Å²) < 4.78 is 26.6. The molecule has 0 saturated carbocycles. The number of aliphatic hydroxyl groups is 1. The van der Waals surface area contributed by atoms with Crippen LogP contribution < -0.4 is 5.32 Å². The summed E-state index contributed by atoms with van der Waals surface area (Å²) in [4.78, 5) is 25.8. The summed E-state index contributed by atoms with van der Waals surface area (Å²) in [5.74, 6) is -3.26. The molecule has 1 aromatic carbocycles. The third-order valence-electron chi connectivity index (χ3n) is 4.31. The highest BCUT2D eigenvalue weighted by Crippen LogP contribution is 2.35. The Morgan fingerprint density at radius 3 is 2.45 bits per heavy atom. The molecule has 2 saturated heterocycles. The molecule has 0 aromatic heterocycles. The number of nitrogens with zero attached hydrogens (tertiary/aromatic N) is 1. The SMILES string of the molecule is O=C(Nc1cc(F)ccc1F)C(=O)N1C2CCC1CC(O)C2. The third-order valence-corrected chi connectivity index (χ3v) is 4.31. The maximum Gasteiger partial charge on any atom is 0.314 e. The quantitative estimate of drug-likeness (QED) is 0.771. The van der Waals surface area contributed by atoms with Crippen LogP contribution >= 0.6 is 0 Å². The number of fused-ring (bicyclic) bond motifs is 2. The molecule has 2 aliphatic heterocycles. The van der Waals surface area contributed by atoms with E-state index in [1.807, 2.05) is 0 Å². The van der Waals surface area contributed by atoms with E-state index >= 15 is 0 Å². The van der Waals surface area contributed by atoms with Gasteiger partial charge in [0.05, 0.1) is 11.8 Å². The molecule has 2 N–H and O–H groups in total. The Balaban J connectivity index is 1.73. The molecule has 2 bridgehead atoms. The Labute approximate surface area is 125 Å². The lowest BCUT2D eigenvalue weighted by Crippen LogP contribution is -2.51. The fourth-order valence-electron chi connectivity index (χ4n) is 3.37. The topological polar surface area (TPSA) is 69.6 Å². The van der Waals surface area contributed by atoms with Crippen LogP contribution in [0.25, 0.3) is 0 Å². The van der Waals surface area contributed by atoms with Crippen molar-refractivity contribution in [3.63, 3.8) is 0 Å². The maximum absolute atomic E-state index is 13.5. The number of nitrogens with one attached hydrogen (secondary N) is 1. The number of benzene rings is 1. The van der Waals surface area contributed by atoms with Gasteiger partial charge >= 0.3 is 11.8 Å². The van der Waals surface area contributed by atoms with Crippen LogP contribution in [0.2, 0.25) is 0 Å². The Hall–Kier alpha value is -2.02. The van der Waals surface area contributed by atoms with Gasteiger partial charge in [0, 0.05) is 18.2 Å². The molecule has 22 heavy (non-hydrogen) atoms. The lowest BCUT2D eigenvalue weighted by Gasteiger charge is -2.36. The highest BCUT2D eigenvalue weighted by atomic mass is 19.1. The molecule has 2 unspecified atom stereocenters. The van der Waals surface area contributed by atoms with E-state index in [-0.39, 0.29) is 17.8 Å². The first kappa shape index (κ1) is 14.9. The van der Waals surface area contributed by atoms with Gasteiger partial charge < -0.3 is 15.3 Å². The van der Waals surface area contributed by atoms with E-state index in [0.29, 0.717) is 12.8 Å². The Kier molecular flexibility index (Phi) is 3.82. The van der Waals surface area contributed by atoms with Crippen molar-refractivity contribution in [1.29, 1.82) is 0 Å². The summed E-state index contributed by atoms with van der Waals surface area (Å²) >= 11 is 0. The van der Waals surface area contributed by atoms with Crippen molar-refractivity contribution in [2.75, 3.05) is 5.32 Å². The van der Waals surface area contributed by atoms with Crippen LogP contribution in [0.15, 0.2) is 18.2 Å². The minimum atomic E-state index is -0.988. The van der Waals surface area contributed by atoms with E-state index < -0.39 is 29.6 Å². The normalized spacial score (nSPS) is 26.9. The summed E-state index contributed by atoms with van der Waals surface area (Å²) in [7, 11) is 0. The zero-order valence-electron chi connectivity index (χ0n) is 11.8. The molecule has 2 heterocycles.